The highest BCUT2D eigenvalue weighted by molar-refractivity contribution is 7.88. The summed E-state index contributed by atoms with van der Waals surface area (Å²) in [5.74, 6) is -4.06. The number of rotatable bonds is 15. The summed E-state index contributed by atoms with van der Waals surface area (Å²) in [6, 6.07) is 0. The van der Waals surface area contributed by atoms with Crippen molar-refractivity contribution in [2.75, 3.05) is 26.3 Å². The molecular weight excluding hydrogens is 536 g/mol. The molecule has 0 aliphatic heterocycles. The second-order valence-electron chi connectivity index (χ2n) is 7.76. The molecule has 0 aliphatic rings. The minimum atomic E-state index is -5.60. The highest BCUT2D eigenvalue weighted by Gasteiger charge is 2.52. The predicted octanol–water partition coefficient (Wildman–Crippen LogP) is 1.57. The third-order valence-corrected chi connectivity index (χ3v) is 6.93. The van der Waals surface area contributed by atoms with Crippen LogP contribution in [-0.2, 0) is 44.0 Å². The molecule has 0 rings (SSSR count). The number of ether oxygens (including phenoxy) is 3. The van der Waals surface area contributed by atoms with E-state index in [9.17, 15) is 40.0 Å². The van der Waals surface area contributed by atoms with Gasteiger partial charge in [-0.2, -0.15) is 16.8 Å². The zero-order chi connectivity index (χ0) is 28.6. The summed E-state index contributed by atoms with van der Waals surface area (Å²) in [6.07, 6.45) is -1.18. The summed E-state index contributed by atoms with van der Waals surface area (Å²) in [4.78, 5) is 37.0. The number of carbonyl (C=O) groups excluding carboxylic acids is 3. The number of amides is 1. The van der Waals surface area contributed by atoms with E-state index in [4.69, 9.17) is 13.8 Å². The van der Waals surface area contributed by atoms with Gasteiger partial charge in [-0.15, -0.1) is 6.58 Å². The quantitative estimate of drug-likeness (QED) is 0.126. The van der Waals surface area contributed by atoms with Crippen LogP contribution >= 0.6 is 0 Å². The van der Waals surface area contributed by atoms with E-state index in [-0.39, 0.29) is 6.08 Å². The summed E-state index contributed by atoms with van der Waals surface area (Å²) < 4.78 is 106. The number of hydrogen-bond acceptors (Lipinski definition) is 10. The van der Waals surface area contributed by atoms with Gasteiger partial charge in [0.05, 0.1) is 13.1 Å². The Morgan fingerprint density at radius 1 is 0.944 bits per heavy atom. The molecule has 208 valence electrons. The van der Waals surface area contributed by atoms with Crippen LogP contribution in [0.5, 0.6) is 0 Å². The molecule has 36 heavy (non-hydrogen) atoms. The fourth-order valence-electron chi connectivity index (χ4n) is 2.14. The molecule has 0 radical (unpaired) electrons. The average Bonchev–Trinajstić information content (AvgIpc) is 2.75. The molecule has 0 aromatic rings. The topological polar surface area (TPSA) is 191 Å². The third-order valence-electron chi connectivity index (χ3n) is 4.70. The van der Waals surface area contributed by atoms with Crippen LogP contribution < -0.4 is 0 Å². The fraction of sp³-hybridized carbons (Fsp3) is 0.632. The highest BCUT2D eigenvalue weighted by atomic mass is 32.2. The van der Waals surface area contributed by atoms with Crippen molar-refractivity contribution in [1.29, 1.82) is 0 Å². The predicted molar refractivity (Wildman–Crippen MR) is 120 cm³/mol. The Morgan fingerprint density at radius 2 is 1.42 bits per heavy atom. The van der Waals surface area contributed by atoms with Gasteiger partial charge >= 0.3 is 48.3 Å². The number of hydrogen-bond donors (Lipinski definition) is 2. The molecule has 0 aromatic heterocycles. The first-order valence-corrected chi connectivity index (χ1v) is 13.0. The number of esters is 2. The zero-order valence-corrected chi connectivity index (χ0v) is 21.4. The highest BCUT2D eigenvalue weighted by Crippen LogP contribution is 2.26. The van der Waals surface area contributed by atoms with Crippen LogP contribution in [0.2, 0.25) is 0 Å². The van der Waals surface area contributed by atoms with Gasteiger partial charge < -0.3 is 19.1 Å². The molecule has 0 aliphatic carbocycles. The molecule has 2 unspecified atom stereocenters. The summed E-state index contributed by atoms with van der Waals surface area (Å²) in [7, 11) is -11.2. The second-order valence-corrected chi connectivity index (χ2v) is 10.9. The van der Waals surface area contributed by atoms with Crippen LogP contribution in [0.1, 0.15) is 33.6 Å². The lowest BCUT2D eigenvalue weighted by atomic mass is 10.1. The maximum absolute atomic E-state index is 14.5. The molecule has 13 nitrogen and oxygen atoms in total. The molecule has 0 bridgehead atoms. The van der Waals surface area contributed by atoms with E-state index < -0.39 is 86.6 Å². The van der Waals surface area contributed by atoms with Crippen molar-refractivity contribution in [3.05, 3.63) is 25.3 Å². The van der Waals surface area contributed by atoms with E-state index in [1.165, 1.54) is 13.8 Å². The smallest absolute Gasteiger partial charge is 0.410 e. The Morgan fingerprint density at radius 3 is 1.78 bits per heavy atom. The van der Waals surface area contributed by atoms with Crippen molar-refractivity contribution >= 4 is 38.3 Å². The van der Waals surface area contributed by atoms with E-state index in [0.717, 1.165) is 4.90 Å². The summed E-state index contributed by atoms with van der Waals surface area (Å²) in [5, 5.41) is -7.84. The maximum atomic E-state index is 14.5. The van der Waals surface area contributed by atoms with Crippen molar-refractivity contribution in [3.8, 4) is 0 Å². The zero-order valence-electron chi connectivity index (χ0n) is 19.8. The minimum Gasteiger partial charge on any atom is -0.461 e. The van der Waals surface area contributed by atoms with Crippen LogP contribution in [-0.4, -0.2) is 90.8 Å². The average molecular weight is 566 g/mol. The molecule has 0 saturated heterocycles. The van der Waals surface area contributed by atoms with Crippen molar-refractivity contribution in [3.63, 3.8) is 0 Å². The molecular formula is C19H29F2NO12S2. The summed E-state index contributed by atoms with van der Waals surface area (Å²) in [6.45, 7) is 7.75. The van der Waals surface area contributed by atoms with Crippen LogP contribution in [0.3, 0.4) is 0 Å². The first kappa shape index (κ1) is 33.4. The summed E-state index contributed by atoms with van der Waals surface area (Å²) in [5.41, 5.74) is -1.01. The van der Waals surface area contributed by atoms with E-state index in [1.807, 2.05) is 0 Å². The van der Waals surface area contributed by atoms with Gasteiger partial charge in [0.2, 0.25) is 0 Å². The first-order valence-electron chi connectivity index (χ1n) is 10.1. The Bertz CT molecular complexity index is 1060. The lowest BCUT2D eigenvalue weighted by Crippen LogP contribution is -2.46. The van der Waals surface area contributed by atoms with E-state index in [2.05, 4.69) is 22.6 Å². The molecule has 17 heteroatoms. The van der Waals surface area contributed by atoms with E-state index in [0.29, 0.717) is 12.5 Å². The van der Waals surface area contributed by atoms with Crippen LogP contribution in [0, 0.1) is 0 Å². The molecule has 0 fully saturated rings. The summed E-state index contributed by atoms with van der Waals surface area (Å²) >= 11 is 0. The van der Waals surface area contributed by atoms with Crippen molar-refractivity contribution < 1.29 is 63.3 Å². The largest absolute Gasteiger partial charge is 0.461 e. The molecule has 0 aromatic carbocycles. The molecule has 0 saturated carbocycles. The maximum Gasteiger partial charge on any atom is 0.410 e. The van der Waals surface area contributed by atoms with Crippen LogP contribution in [0.4, 0.5) is 13.6 Å². The van der Waals surface area contributed by atoms with Gasteiger partial charge in [-0.25, -0.2) is 23.2 Å². The number of alkyl halides is 2. The first-order chi connectivity index (χ1) is 16.2. The number of nitrogens with zero attached hydrogens (tertiary/aromatic N) is 1. The second kappa shape index (κ2) is 12.6. The SMILES string of the molecule is C=CCC(F)(C(=O)OCCN(CCOC(=O)C(F)(C=C)S(=O)(=O)O)C(=O)OC(C)(C)CC)S(=O)(=O)O. The van der Waals surface area contributed by atoms with Gasteiger partial charge in [-0.3, -0.25) is 9.11 Å². The van der Waals surface area contributed by atoms with Gasteiger partial charge in [-0.1, -0.05) is 19.6 Å². The molecule has 2 N–H and O–H groups in total. The lowest BCUT2D eigenvalue weighted by Gasteiger charge is -2.29. The van der Waals surface area contributed by atoms with Gasteiger partial charge in [0, 0.05) is 6.42 Å². The lowest BCUT2D eigenvalue weighted by molar-refractivity contribution is -0.152. The molecule has 0 spiro atoms. The Kier molecular flexibility index (Phi) is 11.6. The van der Waals surface area contributed by atoms with Gasteiger partial charge in [0.25, 0.3) is 0 Å². The van der Waals surface area contributed by atoms with E-state index in [1.54, 1.807) is 6.92 Å². The monoisotopic (exact) mass is 565 g/mol. The molecule has 0 heterocycles. The number of allylic oxidation sites excluding steroid dienone is 1. The molecule has 1 amide bonds. The van der Waals surface area contributed by atoms with Crippen molar-refractivity contribution in [2.45, 2.75) is 49.2 Å². The van der Waals surface area contributed by atoms with Gasteiger partial charge in [0.1, 0.15) is 18.8 Å². The Labute approximate surface area is 207 Å². The number of halogens is 2. The Hall–Kier alpha value is -2.63. The van der Waals surface area contributed by atoms with E-state index >= 15 is 0 Å². The normalized spacial score (nSPS) is 15.5. The third kappa shape index (κ3) is 8.49. The van der Waals surface area contributed by atoms with Crippen molar-refractivity contribution in [1.82, 2.24) is 4.90 Å². The van der Waals surface area contributed by atoms with Crippen LogP contribution in [0.15, 0.2) is 25.3 Å². The van der Waals surface area contributed by atoms with Crippen molar-refractivity contribution in [2.24, 2.45) is 0 Å². The standard InChI is InChI=1S/C19H29F2NO12S2/c1-6-9-19(21,36(29,30)31)15(24)33-13-11-22(16(25)34-17(4,5)7-2)10-12-32-14(23)18(20,8-3)35(26,27)28/h6,8H,1,3,7,9-13H2,2,4-5H3,(H,26,27,28)(H,29,30,31). The Balaban J connectivity index is 5.51. The van der Waals surface area contributed by atoms with Gasteiger partial charge in [-0.05, 0) is 26.3 Å². The minimum absolute atomic E-state index is 0.0123. The number of carbonyl (C=O) groups is 3. The molecule has 2 atom stereocenters. The van der Waals surface area contributed by atoms with Crippen LogP contribution in [0.25, 0.3) is 0 Å². The fourth-order valence-corrected chi connectivity index (χ4v) is 3.22. The van der Waals surface area contributed by atoms with Gasteiger partial charge in [0.15, 0.2) is 0 Å².